The highest BCUT2D eigenvalue weighted by Crippen LogP contribution is 2.31. The summed E-state index contributed by atoms with van der Waals surface area (Å²) >= 11 is 0. The van der Waals surface area contributed by atoms with E-state index in [4.69, 9.17) is 0 Å². The van der Waals surface area contributed by atoms with Gasteiger partial charge in [-0.3, -0.25) is 4.90 Å². The third-order valence-corrected chi connectivity index (χ3v) is 6.38. The number of hydrogen-bond acceptors (Lipinski definition) is 3. The molecule has 1 heterocycles. The van der Waals surface area contributed by atoms with Crippen LogP contribution in [0.1, 0.15) is 11.1 Å². The zero-order valence-electron chi connectivity index (χ0n) is 14.3. The second kappa shape index (κ2) is 7.57. The van der Waals surface area contributed by atoms with Crippen LogP contribution in [0.3, 0.4) is 0 Å². The van der Waals surface area contributed by atoms with E-state index < -0.39 is 21.8 Å². The summed E-state index contributed by atoms with van der Waals surface area (Å²) in [5.74, 6) is -0.323. The minimum atomic E-state index is -4.61. The Bertz CT molecular complexity index is 908. The molecule has 2 aromatic rings. The van der Waals surface area contributed by atoms with Crippen LogP contribution in [0.2, 0.25) is 0 Å². The van der Waals surface area contributed by atoms with E-state index in [1.807, 2.05) is 4.90 Å². The van der Waals surface area contributed by atoms with Gasteiger partial charge in [0, 0.05) is 38.3 Å². The Labute approximate surface area is 155 Å². The Hall–Kier alpha value is -1.97. The zero-order chi connectivity index (χ0) is 19.7. The summed E-state index contributed by atoms with van der Waals surface area (Å²) in [6.45, 7) is 1.35. The Morgan fingerprint density at radius 1 is 0.926 bits per heavy atom. The molecule has 1 fully saturated rings. The van der Waals surface area contributed by atoms with E-state index in [9.17, 15) is 26.0 Å². The standard InChI is InChI=1S/C18H18F4N2O2S/c19-17-7-2-1-4-14(17)13-23-8-10-24(11-9-23)27(25,26)16-6-3-5-15(12-16)18(20,21)22/h1-7,12H,8-11,13H2. The molecule has 9 heteroatoms. The summed E-state index contributed by atoms with van der Waals surface area (Å²) < 4.78 is 78.8. The third kappa shape index (κ3) is 4.48. The Kier molecular flexibility index (Phi) is 5.55. The maximum Gasteiger partial charge on any atom is 0.416 e. The second-order valence-corrected chi connectivity index (χ2v) is 8.24. The predicted octanol–water partition coefficient (Wildman–Crippen LogP) is 3.35. The Morgan fingerprint density at radius 2 is 1.59 bits per heavy atom. The van der Waals surface area contributed by atoms with Gasteiger partial charge in [-0.15, -0.1) is 0 Å². The number of rotatable bonds is 4. The van der Waals surface area contributed by atoms with Crippen molar-refractivity contribution in [2.45, 2.75) is 17.6 Å². The molecule has 0 unspecified atom stereocenters. The van der Waals surface area contributed by atoms with Crippen molar-refractivity contribution in [2.75, 3.05) is 26.2 Å². The van der Waals surface area contributed by atoms with Crippen molar-refractivity contribution in [1.29, 1.82) is 0 Å². The zero-order valence-corrected chi connectivity index (χ0v) is 15.1. The predicted molar refractivity (Wildman–Crippen MR) is 91.9 cm³/mol. The molecule has 0 radical (unpaired) electrons. The molecule has 0 aromatic heterocycles. The molecule has 0 spiro atoms. The van der Waals surface area contributed by atoms with Crippen molar-refractivity contribution in [3.8, 4) is 0 Å². The first-order chi connectivity index (χ1) is 12.7. The van der Waals surface area contributed by atoms with Crippen molar-refractivity contribution < 1.29 is 26.0 Å². The molecular weight excluding hydrogens is 384 g/mol. The van der Waals surface area contributed by atoms with E-state index in [0.29, 0.717) is 31.3 Å². The number of alkyl halides is 3. The van der Waals surface area contributed by atoms with Crippen LogP contribution in [0, 0.1) is 5.82 Å². The largest absolute Gasteiger partial charge is 0.416 e. The molecule has 0 N–H and O–H groups in total. The maximum absolute atomic E-state index is 13.7. The number of benzene rings is 2. The molecule has 0 atom stereocenters. The number of sulfonamides is 1. The first kappa shape index (κ1) is 19.8. The van der Waals surface area contributed by atoms with Crippen molar-refractivity contribution >= 4 is 10.0 Å². The van der Waals surface area contributed by atoms with Gasteiger partial charge < -0.3 is 0 Å². The second-order valence-electron chi connectivity index (χ2n) is 6.30. The molecule has 1 saturated heterocycles. The van der Waals surface area contributed by atoms with Gasteiger partial charge in [0.2, 0.25) is 10.0 Å². The van der Waals surface area contributed by atoms with Gasteiger partial charge in [-0.05, 0) is 24.3 Å². The van der Waals surface area contributed by atoms with Crippen molar-refractivity contribution in [2.24, 2.45) is 0 Å². The quantitative estimate of drug-likeness (QED) is 0.737. The molecule has 0 amide bonds. The highest BCUT2D eigenvalue weighted by atomic mass is 32.2. The lowest BCUT2D eigenvalue weighted by molar-refractivity contribution is -0.137. The molecular formula is C18H18F4N2O2S. The van der Waals surface area contributed by atoms with Gasteiger partial charge in [0.1, 0.15) is 5.82 Å². The van der Waals surface area contributed by atoms with E-state index >= 15 is 0 Å². The highest BCUT2D eigenvalue weighted by Gasteiger charge is 2.34. The van der Waals surface area contributed by atoms with Gasteiger partial charge in [0.25, 0.3) is 0 Å². The summed E-state index contributed by atoms with van der Waals surface area (Å²) in [5.41, 5.74) is -0.478. The summed E-state index contributed by atoms with van der Waals surface area (Å²) in [6.07, 6.45) is -4.61. The lowest BCUT2D eigenvalue weighted by atomic mass is 10.2. The molecule has 27 heavy (non-hydrogen) atoms. The number of piperazine rings is 1. The van der Waals surface area contributed by atoms with E-state index in [1.54, 1.807) is 18.2 Å². The fraction of sp³-hybridized carbons (Fsp3) is 0.333. The first-order valence-electron chi connectivity index (χ1n) is 8.31. The van der Waals surface area contributed by atoms with Crippen LogP contribution in [0.15, 0.2) is 53.4 Å². The Morgan fingerprint density at radius 3 is 2.22 bits per heavy atom. The van der Waals surface area contributed by atoms with Crippen LogP contribution >= 0.6 is 0 Å². The summed E-state index contributed by atoms with van der Waals surface area (Å²) in [4.78, 5) is 1.54. The topological polar surface area (TPSA) is 40.6 Å². The van der Waals surface area contributed by atoms with E-state index in [-0.39, 0.29) is 23.8 Å². The maximum atomic E-state index is 13.7. The van der Waals surface area contributed by atoms with Gasteiger partial charge in [0.05, 0.1) is 10.5 Å². The van der Waals surface area contributed by atoms with E-state index in [0.717, 1.165) is 18.2 Å². The van der Waals surface area contributed by atoms with Gasteiger partial charge >= 0.3 is 6.18 Å². The van der Waals surface area contributed by atoms with Gasteiger partial charge in [-0.1, -0.05) is 24.3 Å². The molecule has 2 aromatic carbocycles. The van der Waals surface area contributed by atoms with Crippen LogP contribution in [0.5, 0.6) is 0 Å². The average molecular weight is 402 g/mol. The van der Waals surface area contributed by atoms with Crippen LogP contribution in [-0.2, 0) is 22.7 Å². The SMILES string of the molecule is O=S(=O)(c1cccc(C(F)(F)F)c1)N1CCN(Cc2ccccc2F)CC1. The lowest BCUT2D eigenvalue weighted by Crippen LogP contribution is -2.48. The van der Waals surface area contributed by atoms with Crippen molar-refractivity contribution in [1.82, 2.24) is 9.21 Å². The lowest BCUT2D eigenvalue weighted by Gasteiger charge is -2.34. The normalized spacial score (nSPS) is 17.2. The summed E-state index contributed by atoms with van der Waals surface area (Å²) in [6, 6.07) is 10.1. The highest BCUT2D eigenvalue weighted by molar-refractivity contribution is 7.89. The molecule has 4 nitrogen and oxygen atoms in total. The van der Waals surface area contributed by atoms with Gasteiger partial charge in [-0.2, -0.15) is 17.5 Å². The molecule has 1 aliphatic rings. The molecule has 0 saturated carbocycles. The smallest absolute Gasteiger partial charge is 0.296 e. The van der Waals surface area contributed by atoms with Crippen molar-refractivity contribution in [3.63, 3.8) is 0 Å². The fourth-order valence-electron chi connectivity index (χ4n) is 2.98. The molecule has 3 rings (SSSR count). The Balaban J connectivity index is 1.69. The first-order valence-corrected chi connectivity index (χ1v) is 9.75. The number of hydrogen-bond donors (Lipinski definition) is 0. The number of halogens is 4. The van der Waals surface area contributed by atoms with Gasteiger partial charge in [0.15, 0.2) is 0 Å². The summed E-state index contributed by atoms with van der Waals surface area (Å²) in [7, 11) is -4.02. The van der Waals surface area contributed by atoms with Crippen LogP contribution in [0.25, 0.3) is 0 Å². The van der Waals surface area contributed by atoms with E-state index in [2.05, 4.69) is 0 Å². The summed E-state index contributed by atoms with van der Waals surface area (Å²) in [5, 5.41) is 0. The molecule has 0 bridgehead atoms. The minimum absolute atomic E-state index is 0.132. The average Bonchev–Trinajstić information content (AvgIpc) is 2.63. The molecule has 1 aliphatic heterocycles. The molecule has 146 valence electrons. The van der Waals surface area contributed by atoms with Crippen molar-refractivity contribution in [3.05, 3.63) is 65.5 Å². The minimum Gasteiger partial charge on any atom is -0.296 e. The fourth-order valence-corrected chi connectivity index (χ4v) is 4.45. The molecule has 0 aliphatic carbocycles. The van der Waals surface area contributed by atoms with Crippen LogP contribution < -0.4 is 0 Å². The number of nitrogens with zero attached hydrogens (tertiary/aromatic N) is 2. The van der Waals surface area contributed by atoms with Gasteiger partial charge in [-0.25, -0.2) is 12.8 Å². The van der Waals surface area contributed by atoms with Crippen LogP contribution in [-0.4, -0.2) is 43.8 Å². The third-order valence-electron chi connectivity index (χ3n) is 4.48. The van der Waals surface area contributed by atoms with E-state index in [1.165, 1.54) is 10.4 Å². The monoisotopic (exact) mass is 402 g/mol. The van der Waals surface area contributed by atoms with Crippen LogP contribution in [0.4, 0.5) is 17.6 Å².